The van der Waals surface area contributed by atoms with Gasteiger partial charge in [0.1, 0.15) is 36.6 Å². The van der Waals surface area contributed by atoms with E-state index in [4.69, 9.17) is 9.05 Å². The number of rotatable bonds is 33. The minimum absolute atomic E-state index is 0.259. The molecule has 0 aliphatic heterocycles. The summed E-state index contributed by atoms with van der Waals surface area (Å²) in [6, 6.07) is -1.26. The summed E-state index contributed by atoms with van der Waals surface area (Å²) in [5.74, 6) is -0.612. The zero-order valence-electron chi connectivity index (χ0n) is 33.6. The number of nitrogens with one attached hydrogen (secondary N) is 1. The number of phosphoric acid groups is 1. The van der Waals surface area contributed by atoms with Gasteiger partial charge in [-0.2, -0.15) is 0 Å². The van der Waals surface area contributed by atoms with Gasteiger partial charge in [0.15, 0.2) is 0 Å². The third-order valence-electron chi connectivity index (χ3n) is 9.95. The first-order valence-electron chi connectivity index (χ1n) is 21.0. The van der Waals surface area contributed by atoms with Crippen LogP contribution in [-0.2, 0) is 18.4 Å². The van der Waals surface area contributed by atoms with Gasteiger partial charge in [0.05, 0.1) is 31.3 Å². The summed E-state index contributed by atoms with van der Waals surface area (Å²) in [5.41, 5.74) is 0. The molecule has 1 aliphatic carbocycles. The van der Waals surface area contributed by atoms with Crippen LogP contribution in [0.3, 0.4) is 0 Å². The number of hydrogen-bond acceptors (Lipinski definition) is 11. The third-order valence-corrected chi connectivity index (χ3v) is 10.9. The van der Waals surface area contributed by atoms with Crippen LogP contribution in [0.2, 0.25) is 0 Å². The maximum absolute atomic E-state index is 12.9. The molecule has 0 spiro atoms. The number of carbonyl (C=O) groups excluding carboxylic acids is 1. The molecular weight excluding hydrogens is 729 g/mol. The molecule has 13 nitrogen and oxygen atoms in total. The summed E-state index contributed by atoms with van der Waals surface area (Å²) < 4.78 is 22.7. The summed E-state index contributed by atoms with van der Waals surface area (Å²) in [5, 5.41) is 74.1. The number of allylic oxidation sites excluding steroid dienone is 5. The number of hydrogen-bond donors (Lipinski definition) is 9. The van der Waals surface area contributed by atoms with Crippen LogP contribution in [0.4, 0.5) is 0 Å². The van der Waals surface area contributed by atoms with Crippen molar-refractivity contribution in [2.24, 2.45) is 0 Å². The molecule has 0 bridgehead atoms. The molecule has 8 unspecified atom stereocenters. The molecule has 0 radical (unpaired) electrons. The van der Waals surface area contributed by atoms with E-state index in [9.17, 15) is 50.0 Å². The van der Waals surface area contributed by atoms with Gasteiger partial charge in [-0.1, -0.05) is 127 Å². The van der Waals surface area contributed by atoms with Crippen molar-refractivity contribution in [1.82, 2.24) is 5.32 Å². The van der Waals surface area contributed by atoms with Gasteiger partial charge >= 0.3 is 7.82 Å². The number of carbonyl (C=O) groups is 1. The van der Waals surface area contributed by atoms with Crippen LogP contribution in [0, 0.1) is 0 Å². The van der Waals surface area contributed by atoms with Crippen LogP contribution in [0.5, 0.6) is 0 Å². The van der Waals surface area contributed by atoms with E-state index in [-0.39, 0.29) is 6.42 Å². The average Bonchev–Trinajstić information content (AvgIpc) is 3.15. The molecule has 1 aliphatic rings. The van der Waals surface area contributed by atoms with Crippen molar-refractivity contribution in [2.45, 2.75) is 210 Å². The van der Waals surface area contributed by atoms with Crippen molar-refractivity contribution in [2.75, 3.05) is 6.61 Å². The van der Waals surface area contributed by atoms with Crippen LogP contribution in [0.15, 0.2) is 36.5 Å². The fraction of sp³-hybridized carbons (Fsp3) is 0.829. The molecule has 322 valence electrons. The molecule has 1 saturated carbocycles. The molecule has 8 atom stereocenters. The number of unbranched alkanes of at least 4 members (excludes halogenated alkanes) is 16. The van der Waals surface area contributed by atoms with Gasteiger partial charge in [-0.25, -0.2) is 4.57 Å². The second-order valence-corrected chi connectivity index (χ2v) is 16.4. The lowest BCUT2D eigenvalue weighted by Crippen LogP contribution is -2.64. The highest BCUT2D eigenvalue weighted by Crippen LogP contribution is 2.47. The summed E-state index contributed by atoms with van der Waals surface area (Å²) >= 11 is 0. The van der Waals surface area contributed by atoms with Crippen molar-refractivity contribution in [3.63, 3.8) is 0 Å². The first-order chi connectivity index (χ1) is 26.3. The minimum Gasteiger partial charge on any atom is -0.393 e. The molecule has 1 rings (SSSR count). The fourth-order valence-electron chi connectivity index (χ4n) is 6.43. The Balaban J connectivity index is 2.60. The Bertz CT molecular complexity index is 1090. The van der Waals surface area contributed by atoms with E-state index < -0.39 is 75.2 Å². The first kappa shape index (κ1) is 51.5. The average molecular weight is 806 g/mol. The van der Waals surface area contributed by atoms with E-state index >= 15 is 0 Å². The van der Waals surface area contributed by atoms with Gasteiger partial charge < -0.3 is 46.0 Å². The number of aliphatic hydroxyl groups excluding tert-OH is 7. The van der Waals surface area contributed by atoms with Crippen molar-refractivity contribution in [1.29, 1.82) is 0 Å². The van der Waals surface area contributed by atoms with E-state index in [0.29, 0.717) is 12.8 Å². The Morgan fingerprint density at radius 2 is 1.07 bits per heavy atom. The summed E-state index contributed by atoms with van der Waals surface area (Å²) in [7, 11) is -5.14. The predicted octanol–water partition coefficient (Wildman–Crippen LogP) is 5.80. The molecule has 0 saturated heterocycles. The Morgan fingerprint density at radius 1 is 0.636 bits per heavy atom. The van der Waals surface area contributed by atoms with Crippen molar-refractivity contribution < 1.29 is 59.0 Å². The van der Waals surface area contributed by atoms with Gasteiger partial charge in [0.2, 0.25) is 5.91 Å². The molecule has 55 heavy (non-hydrogen) atoms. The molecule has 14 heteroatoms. The van der Waals surface area contributed by atoms with E-state index in [2.05, 4.69) is 43.5 Å². The molecule has 1 fully saturated rings. The van der Waals surface area contributed by atoms with Crippen LogP contribution in [-0.4, -0.2) is 108 Å². The molecular formula is C41H76NO12P. The highest BCUT2D eigenvalue weighted by molar-refractivity contribution is 7.47. The number of phosphoric ester groups is 1. The Labute approximate surface area is 330 Å². The summed E-state index contributed by atoms with van der Waals surface area (Å²) in [6.07, 6.45) is 19.7. The zero-order valence-corrected chi connectivity index (χ0v) is 34.5. The quantitative estimate of drug-likeness (QED) is 0.0218. The molecule has 0 aromatic carbocycles. The highest BCUT2D eigenvalue weighted by atomic mass is 31.2. The summed E-state index contributed by atoms with van der Waals surface area (Å²) in [4.78, 5) is 23.3. The molecule has 9 N–H and O–H groups in total. The standard InChI is InChI=1S/C41H76NO12P/c1-3-5-7-9-11-13-15-16-17-18-19-20-22-24-26-28-32(43)30-35(45)42-33(34(44)29-27-25-23-21-14-12-10-8-6-4-2)31-53-55(51,52)54-41-39(49)37(47)36(46)38(48)40(41)50/h14,16-17,21,27,29,32-34,36-41,43-44,46-50H,3-13,15,18-20,22-26,28,30-31H2,1-2H3,(H,42,45)(H,51,52)/b17-16-,21-14+,29-27+. The Hall–Kier alpha value is -1.48. The van der Waals surface area contributed by atoms with Crippen LogP contribution in [0.25, 0.3) is 0 Å². The molecule has 0 aromatic rings. The largest absolute Gasteiger partial charge is 0.472 e. The fourth-order valence-corrected chi connectivity index (χ4v) is 7.39. The van der Waals surface area contributed by atoms with Crippen LogP contribution in [0.1, 0.15) is 155 Å². The van der Waals surface area contributed by atoms with E-state index in [1.54, 1.807) is 6.08 Å². The monoisotopic (exact) mass is 806 g/mol. The van der Waals surface area contributed by atoms with E-state index in [1.165, 1.54) is 63.9 Å². The van der Waals surface area contributed by atoms with Gasteiger partial charge in [0, 0.05) is 0 Å². The zero-order chi connectivity index (χ0) is 40.9. The lowest BCUT2D eigenvalue weighted by Gasteiger charge is -2.41. The SMILES string of the molecule is CCCCCC/C=C/CC/C=C/C(O)C(COP(=O)(O)OC1C(O)C(O)C(O)C(O)C1O)NC(=O)CC(O)CCCCCCC/C=C\CCCCCCCC. The second kappa shape index (κ2) is 31.5. The molecule has 1 amide bonds. The smallest absolute Gasteiger partial charge is 0.393 e. The van der Waals surface area contributed by atoms with Crippen molar-refractivity contribution >= 4 is 13.7 Å². The van der Waals surface area contributed by atoms with Crippen LogP contribution >= 0.6 is 7.82 Å². The van der Waals surface area contributed by atoms with Gasteiger partial charge in [-0.3, -0.25) is 13.8 Å². The lowest BCUT2D eigenvalue weighted by atomic mass is 9.85. The number of amides is 1. The molecule has 0 heterocycles. The maximum Gasteiger partial charge on any atom is 0.472 e. The minimum atomic E-state index is -5.14. The van der Waals surface area contributed by atoms with Gasteiger partial charge in [-0.15, -0.1) is 0 Å². The first-order valence-corrected chi connectivity index (χ1v) is 22.5. The van der Waals surface area contributed by atoms with E-state index in [0.717, 1.165) is 64.2 Å². The topological polar surface area (TPSA) is 226 Å². The normalized spacial score (nSPS) is 24.8. The van der Waals surface area contributed by atoms with Gasteiger partial charge in [0.25, 0.3) is 0 Å². The summed E-state index contributed by atoms with van der Waals surface area (Å²) in [6.45, 7) is 3.64. The maximum atomic E-state index is 12.9. The molecule has 0 aromatic heterocycles. The van der Waals surface area contributed by atoms with Crippen molar-refractivity contribution in [3.05, 3.63) is 36.5 Å². The van der Waals surface area contributed by atoms with Crippen molar-refractivity contribution in [3.8, 4) is 0 Å². The second-order valence-electron chi connectivity index (χ2n) is 15.0. The lowest BCUT2D eigenvalue weighted by molar-refractivity contribution is -0.220. The predicted molar refractivity (Wildman–Crippen MR) is 215 cm³/mol. The van der Waals surface area contributed by atoms with E-state index in [1.807, 2.05) is 0 Å². The highest BCUT2D eigenvalue weighted by Gasteiger charge is 2.51. The Kier molecular flexibility index (Phi) is 29.5. The Morgan fingerprint density at radius 3 is 1.62 bits per heavy atom. The van der Waals surface area contributed by atoms with Gasteiger partial charge in [-0.05, 0) is 57.8 Å². The van der Waals surface area contributed by atoms with Crippen LogP contribution < -0.4 is 5.32 Å². The third kappa shape index (κ3) is 24.1. The number of aliphatic hydroxyl groups is 7.